The minimum atomic E-state index is 0.435. The molecule has 1 N–H and O–H groups in total. The van der Waals surface area contributed by atoms with Crippen molar-refractivity contribution in [1.82, 2.24) is 9.55 Å². The summed E-state index contributed by atoms with van der Waals surface area (Å²) in [5, 5.41) is 4.60. The van der Waals surface area contributed by atoms with E-state index in [0.29, 0.717) is 20.8 Å². The topological polar surface area (TPSA) is 29.9 Å². The van der Waals surface area contributed by atoms with Crippen molar-refractivity contribution >= 4 is 46.4 Å². The lowest BCUT2D eigenvalue weighted by atomic mass is 10.3. The molecule has 2 rings (SSSR count). The van der Waals surface area contributed by atoms with Crippen LogP contribution in [0.2, 0.25) is 15.1 Å². The highest BCUT2D eigenvalue weighted by molar-refractivity contribution is 6.44. The number of benzene rings is 1. The zero-order valence-corrected chi connectivity index (χ0v) is 12.9. The quantitative estimate of drug-likeness (QED) is 0.775. The third-order valence-corrected chi connectivity index (χ3v) is 3.65. The van der Waals surface area contributed by atoms with Crippen LogP contribution in [0.3, 0.4) is 0 Å². The lowest BCUT2D eigenvalue weighted by Crippen LogP contribution is -2.03. The lowest BCUT2D eigenvalue weighted by Gasteiger charge is -2.11. The van der Waals surface area contributed by atoms with Crippen LogP contribution in [0.5, 0.6) is 0 Å². The molecule has 0 amide bonds. The Morgan fingerprint density at radius 3 is 2.53 bits per heavy atom. The number of nitrogens with zero attached hydrogens (tertiary/aromatic N) is 2. The summed E-state index contributed by atoms with van der Waals surface area (Å²) < 4.78 is 2.05. The van der Waals surface area contributed by atoms with Gasteiger partial charge in [0.15, 0.2) is 0 Å². The molecule has 2 aromatic rings. The van der Waals surface area contributed by atoms with Gasteiger partial charge < -0.3 is 9.88 Å². The molecule has 0 radical (unpaired) electrons. The van der Waals surface area contributed by atoms with E-state index in [4.69, 9.17) is 34.8 Å². The number of aryl methyl sites for hydroxylation is 2. The number of hydrogen-bond donors (Lipinski definition) is 1. The van der Waals surface area contributed by atoms with Crippen LogP contribution >= 0.6 is 34.8 Å². The van der Waals surface area contributed by atoms with Crippen molar-refractivity contribution in [2.75, 3.05) is 5.32 Å². The fourth-order valence-electron chi connectivity index (χ4n) is 1.80. The molecule has 1 aromatic carbocycles. The van der Waals surface area contributed by atoms with Gasteiger partial charge in [0, 0.05) is 12.7 Å². The Labute approximate surface area is 127 Å². The molecule has 0 atom stereocenters. The van der Waals surface area contributed by atoms with E-state index in [2.05, 4.69) is 17.2 Å². The first-order valence-corrected chi connectivity index (χ1v) is 7.10. The van der Waals surface area contributed by atoms with Gasteiger partial charge in [-0.15, -0.1) is 0 Å². The number of anilines is 2. The Kier molecular flexibility index (Phi) is 4.61. The smallest absolute Gasteiger partial charge is 0.207 e. The molecule has 19 heavy (non-hydrogen) atoms. The van der Waals surface area contributed by atoms with Gasteiger partial charge in [-0.3, -0.25) is 0 Å². The van der Waals surface area contributed by atoms with Crippen LogP contribution < -0.4 is 5.32 Å². The molecule has 1 heterocycles. The predicted molar refractivity (Wildman–Crippen MR) is 82.0 cm³/mol. The van der Waals surface area contributed by atoms with Crippen molar-refractivity contribution in [2.24, 2.45) is 0 Å². The lowest BCUT2D eigenvalue weighted by molar-refractivity contribution is 0.686. The predicted octanol–water partition coefficient (Wildman–Crippen LogP) is 5.31. The van der Waals surface area contributed by atoms with Crippen LogP contribution in [0.4, 0.5) is 11.6 Å². The van der Waals surface area contributed by atoms with Crippen LogP contribution in [0.15, 0.2) is 18.3 Å². The van der Waals surface area contributed by atoms with Gasteiger partial charge in [0.2, 0.25) is 5.95 Å². The van der Waals surface area contributed by atoms with E-state index in [1.165, 1.54) is 0 Å². The second-order valence-electron chi connectivity index (χ2n) is 4.27. The summed E-state index contributed by atoms with van der Waals surface area (Å²) in [6.07, 6.45) is 3.02. The largest absolute Gasteiger partial charge is 0.324 e. The number of halogens is 3. The van der Waals surface area contributed by atoms with Crippen LogP contribution in [-0.4, -0.2) is 9.55 Å². The first-order chi connectivity index (χ1) is 9.01. The van der Waals surface area contributed by atoms with Gasteiger partial charge in [0.05, 0.1) is 26.4 Å². The molecule has 0 saturated carbocycles. The minimum absolute atomic E-state index is 0.435. The van der Waals surface area contributed by atoms with Crippen LogP contribution in [0.1, 0.15) is 19.0 Å². The molecule has 1 aromatic heterocycles. The summed E-state index contributed by atoms with van der Waals surface area (Å²) in [5.41, 5.74) is 1.64. The fourth-order valence-corrected chi connectivity index (χ4v) is 2.39. The van der Waals surface area contributed by atoms with Crippen LogP contribution in [-0.2, 0) is 6.54 Å². The van der Waals surface area contributed by atoms with Crippen LogP contribution in [0, 0.1) is 6.92 Å². The number of aromatic nitrogens is 2. The van der Waals surface area contributed by atoms with Gasteiger partial charge in [-0.05, 0) is 25.5 Å². The maximum absolute atomic E-state index is 6.14. The van der Waals surface area contributed by atoms with Gasteiger partial charge in [-0.2, -0.15) is 0 Å². The number of nitrogens with one attached hydrogen (secondary N) is 1. The Balaban J connectivity index is 2.33. The van der Waals surface area contributed by atoms with Crippen molar-refractivity contribution in [3.05, 3.63) is 39.1 Å². The molecule has 0 aliphatic carbocycles. The average molecular weight is 319 g/mol. The molecule has 102 valence electrons. The minimum Gasteiger partial charge on any atom is -0.324 e. The number of rotatable bonds is 4. The molecule has 0 bridgehead atoms. The standard InChI is InChI=1S/C13H14Cl3N3/c1-3-4-19-7-8(2)17-13(19)18-12-6-10(15)9(14)5-11(12)16/h5-7H,3-4H2,1-2H3,(H,17,18). The van der Waals surface area contributed by atoms with Crippen molar-refractivity contribution in [2.45, 2.75) is 26.8 Å². The molecule has 6 heteroatoms. The van der Waals surface area contributed by atoms with E-state index in [-0.39, 0.29) is 0 Å². The number of imidazole rings is 1. The Morgan fingerprint density at radius 1 is 1.16 bits per heavy atom. The first-order valence-electron chi connectivity index (χ1n) is 5.96. The molecule has 0 aliphatic heterocycles. The molecule has 0 fully saturated rings. The van der Waals surface area contributed by atoms with Gasteiger partial charge >= 0.3 is 0 Å². The van der Waals surface area contributed by atoms with Crippen molar-refractivity contribution in [1.29, 1.82) is 0 Å². The second kappa shape index (κ2) is 6.04. The summed E-state index contributed by atoms with van der Waals surface area (Å²) in [6, 6.07) is 3.32. The molecule has 0 saturated heterocycles. The van der Waals surface area contributed by atoms with Crippen molar-refractivity contribution in [3.8, 4) is 0 Å². The zero-order chi connectivity index (χ0) is 14.0. The SMILES string of the molecule is CCCn1cc(C)nc1Nc1cc(Cl)c(Cl)cc1Cl. The normalized spacial score (nSPS) is 10.8. The Hall–Kier alpha value is -0.900. The van der Waals surface area contributed by atoms with E-state index in [1.54, 1.807) is 12.1 Å². The van der Waals surface area contributed by atoms with Gasteiger partial charge in [-0.25, -0.2) is 4.98 Å². The van der Waals surface area contributed by atoms with Crippen molar-refractivity contribution < 1.29 is 0 Å². The van der Waals surface area contributed by atoms with Gasteiger partial charge in [-0.1, -0.05) is 41.7 Å². The average Bonchev–Trinajstić information content (AvgIpc) is 2.67. The summed E-state index contributed by atoms with van der Waals surface area (Å²) in [5.74, 6) is 0.750. The monoisotopic (exact) mass is 317 g/mol. The molecular formula is C13H14Cl3N3. The summed E-state index contributed by atoms with van der Waals surface area (Å²) >= 11 is 18.1. The maximum Gasteiger partial charge on any atom is 0.207 e. The highest BCUT2D eigenvalue weighted by atomic mass is 35.5. The first kappa shape index (κ1) is 14.5. The van der Waals surface area contributed by atoms with E-state index >= 15 is 0 Å². The van der Waals surface area contributed by atoms with E-state index in [0.717, 1.165) is 24.6 Å². The molecule has 3 nitrogen and oxygen atoms in total. The highest BCUT2D eigenvalue weighted by Gasteiger charge is 2.10. The summed E-state index contributed by atoms with van der Waals surface area (Å²) in [7, 11) is 0. The van der Waals surface area contributed by atoms with E-state index < -0.39 is 0 Å². The highest BCUT2D eigenvalue weighted by Crippen LogP contribution is 2.33. The Bertz CT molecular complexity index is 593. The van der Waals surface area contributed by atoms with Crippen molar-refractivity contribution in [3.63, 3.8) is 0 Å². The van der Waals surface area contributed by atoms with Gasteiger partial charge in [0.1, 0.15) is 0 Å². The van der Waals surface area contributed by atoms with Gasteiger partial charge in [0.25, 0.3) is 0 Å². The van der Waals surface area contributed by atoms with E-state index in [9.17, 15) is 0 Å². The maximum atomic E-state index is 6.14. The molecule has 0 spiro atoms. The van der Waals surface area contributed by atoms with Crippen LogP contribution in [0.25, 0.3) is 0 Å². The fraction of sp³-hybridized carbons (Fsp3) is 0.308. The summed E-state index contributed by atoms with van der Waals surface area (Å²) in [6.45, 7) is 4.96. The third kappa shape index (κ3) is 3.35. The molecular weight excluding hydrogens is 305 g/mol. The van der Waals surface area contributed by atoms with E-state index in [1.807, 2.05) is 17.7 Å². The molecule has 0 aliphatic rings. The third-order valence-electron chi connectivity index (χ3n) is 2.62. The summed E-state index contributed by atoms with van der Waals surface area (Å²) in [4.78, 5) is 4.43. The second-order valence-corrected chi connectivity index (χ2v) is 5.49. The Morgan fingerprint density at radius 2 is 1.84 bits per heavy atom. The number of hydrogen-bond acceptors (Lipinski definition) is 2. The molecule has 0 unspecified atom stereocenters. The zero-order valence-electron chi connectivity index (χ0n) is 10.7.